The standard InChI is InChI=1S/C29H28N4O4.3ClH/c1-19-4-3-5-22(16-19)32-12-14-33(15-13-32)27-18-25(29(35)36)24-17-21(8-11-26(24)31-27)30-28(34)20-6-9-23(37-2)10-7-20;;;/h3-11,16-18H,12-15H2,1-2H3,(H,30,34)(H,35,36);3*1H. The molecule has 8 nitrogen and oxygen atoms in total. The maximum absolute atomic E-state index is 12.7. The lowest BCUT2D eigenvalue weighted by Gasteiger charge is -2.37. The minimum Gasteiger partial charge on any atom is -0.497 e. The number of carbonyl (C=O) groups excluding carboxylic acids is 1. The quantitative estimate of drug-likeness (QED) is 0.274. The number of benzene rings is 3. The molecule has 1 aromatic heterocycles. The Bertz CT molecular complexity index is 1480. The summed E-state index contributed by atoms with van der Waals surface area (Å²) in [6.45, 7) is 5.20. The van der Waals surface area contributed by atoms with Gasteiger partial charge in [-0.25, -0.2) is 9.78 Å². The molecule has 2 N–H and O–H groups in total. The van der Waals surface area contributed by atoms with Gasteiger partial charge in [0.15, 0.2) is 0 Å². The van der Waals surface area contributed by atoms with E-state index in [1.807, 2.05) is 0 Å². The SMILES string of the molecule is COc1ccc(C(=O)Nc2ccc3nc(N4CCN(c5cccc(C)c5)CC4)cc(C(=O)O)c3c2)cc1.Cl.Cl.Cl. The average molecular weight is 606 g/mol. The molecule has 0 unspecified atom stereocenters. The highest BCUT2D eigenvalue weighted by molar-refractivity contribution is 6.08. The van der Waals surface area contributed by atoms with E-state index >= 15 is 0 Å². The summed E-state index contributed by atoms with van der Waals surface area (Å²) in [7, 11) is 1.56. The molecule has 1 saturated heterocycles. The zero-order chi connectivity index (χ0) is 25.9. The molecule has 5 rings (SSSR count). The summed E-state index contributed by atoms with van der Waals surface area (Å²) in [5.41, 5.74) is 4.11. The average Bonchev–Trinajstić information content (AvgIpc) is 2.92. The van der Waals surface area contributed by atoms with Gasteiger partial charge in [0.05, 0.1) is 18.2 Å². The molecule has 212 valence electrons. The summed E-state index contributed by atoms with van der Waals surface area (Å²) >= 11 is 0. The number of rotatable bonds is 6. The molecule has 1 amide bonds. The number of ether oxygens (including phenoxy) is 1. The number of nitrogens with one attached hydrogen (secondary N) is 1. The molecule has 4 aromatic rings. The van der Waals surface area contributed by atoms with Crippen LogP contribution in [-0.2, 0) is 0 Å². The molecule has 1 aliphatic rings. The van der Waals surface area contributed by atoms with Gasteiger partial charge >= 0.3 is 5.97 Å². The van der Waals surface area contributed by atoms with Gasteiger partial charge in [-0.2, -0.15) is 0 Å². The Morgan fingerprint density at radius 3 is 2.17 bits per heavy atom. The fourth-order valence-electron chi connectivity index (χ4n) is 4.59. The first-order valence-electron chi connectivity index (χ1n) is 12.1. The molecular formula is C29H31Cl3N4O4. The molecule has 0 aliphatic carbocycles. The second kappa shape index (κ2) is 14.1. The van der Waals surface area contributed by atoms with Gasteiger partial charge in [0.25, 0.3) is 5.91 Å². The summed E-state index contributed by atoms with van der Waals surface area (Å²) in [5, 5.41) is 13.3. The molecule has 0 atom stereocenters. The van der Waals surface area contributed by atoms with E-state index in [0.717, 1.165) is 26.2 Å². The maximum atomic E-state index is 12.7. The van der Waals surface area contributed by atoms with E-state index in [1.165, 1.54) is 11.3 Å². The van der Waals surface area contributed by atoms with Crippen LogP contribution in [-0.4, -0.2) is 55.3 Å². The van der Waals surface area contributed by atoms with Gasteiger partial charge in [-0.1, -0.05) is 12.1 Å². The van der Waals surface area contributed by atoms with E-state index < -0.39 is 5.97 Å². The first-order valence-corrected chi connectivity index (χ1v) is 12.1. The largest absolute Gasteiger partial charge is 0.497 e. The highest BCUT2D eigenvalue weighted by atomic mass is 35.5. The van der Waals surface area contributed by atoms with Crippen LogP contribution < -0.4 is 19.9 Å². The molecule has 1 fully saturated rings. The molecule has 0 radical (unpaired) electrons. The van der Waals surface area contributed by atoms with E-state index in [9.17, 15) is 14.7 Å². The molecule has 3 aromatic carbocycles. The number of aryl methyl sites for hydroxylation is 1. The Kier molecular flexibility index (Phi) is 11.4. The van der Waals surface area contributed by atoms with Crippen LogP contribution in [0.3, 0.4) is 0 Å². The monoisotopic (exact) mass is 604 g/mol. The first-order chi connectivity index (χ1) is 17.9. The summed E-state index contributed by atoms with van der Waals surface area (Å²) in [6, 6.07) is 22.0. The number of piperazine rings is 1. The van der Waals surface area contributed by atoms with Gasteiger partial charge in [0.2, 0.25) is 0 Å². The third kappa shape index (κ3) is 7.07. The highest BCUT2D eigenvalue weighted by Gasteiger charge is 2.21. The van der Waals surface area contributed by atoms with Crippen LogP contribution in [0.2, 0.25) is 0 Å². The van der Waals surface area contributed by atoms with Crippen LogP contribution in [0.25, 0.3) is 10.9 Å². The van der Waals surface area contributed by atoms with Crippen molar-refractivity contribution in [3.63, 3.8) is 0 Å². The van der Waals surface area contributed by atoms with Gasteiger partial charge < -0.3 is 25.0 Å². The van der Waals surface area contributed by atoms with Crippen LogP contribution in [0.1, 0.15) is 26.3 Å². The lowest BCUT2D eigenvalue weighted by Crippen LogP contribution is -2.46. The number of hydrogen-bond acceptors (Lipinski definition) is 6. The Labute approximate surface area is 251 Å². The fraction of sp³-hybridized carbons (Fsp3) is 0.207. The van der Waals surface area contributed by atoms with Crippen molar-refractivity contribution in [2.24, 2.45) is 0 Å². The second-order valence-electron chi connectivity index (χ2n) is 9.06. The minimum absolute atomic E-state index is 0. The number of carbonyl (C=O) groups is 2. The number of aromatic nitrogens is 1. The Morgan fingerprint density at radius 1 is 0.875 bits per heavy atom. The highest BCUT2D eigenvalue weighted by Crippen LogP contribution is 2.28. The predicted molar refractivity (Wildman–Crippen MR) is 167 cm³/mol. The van der Waals surface area contributed by atoms with E-state index in [1.54, 1.807) is 55.6 Å². The zero-order valence-electron chi connectivity index (χ0n) is 22.0. The van der Waals surface area contributed by atoms with Crippen LogP contribution in [0.15, 0.2) is 72.8 Å². The Morgan fingerprint density at radius 2 is 1.55 bits per heavy atom. The summed E-state index contributed by atoms with van der Waals surface area (Å²) in [6.07, 6.45) is 0. The number of halogens is 3. The summed E-state index contributed by atoms with van der Waals surface area (Å²) in [5.74, 6) is -0.0313. The fourth-order valence-corrected chi connectivity index (χ4v) is 4.59. The van der Waals surface area contributed by atoms with Crippen LogP contribution in [0.4, 0.5) is 17.2 Å². The van der Waals surface area contributed by atoms with Gasteiger partial charge in [-0.05, 0) is 73.2 Å². The number of fused-ring (bicyclic) bond motifs is 1. The van der Waals surface area contributed by atoms with Crippen LogP contribution >= 0.6 is 37.2 Å². The number of carboxylic acids is 1. The van der Waals surface area contributed by atoms with E-state index in [0.29, 0.717) is 33.7 Å². The lowest BCUT2D eigenvalue weighted by atomic mass is 10.1. The molecule has 2 heterocycles. The number of amides is 1. The Hall–Kier alpha value is -3.72. The summed E-state index contributed by atoms with van der Waals surface area (Å²) < 4.78 is 5.13. The molecule has 11 heteroatoms. The topological polar surface area (TPSA) is 95.0 Å². The van der Waals surface area contributed by atoms with Gasteiger partial charge in [-0.3, -0.25) is 4.79 Å². The van der Waals surface area contributed by atoms with Gasteiger partial charge in [-0.15, -0.1) is 37.2 Å². The molecule has 1 aliphatic heterocycles. The zero-order valence-corrected chi connectivity index (χ0v) is 24.4. The number of carboxylic acid groups (broad SMARTS) is 1. The van der Waals surface area contributed by atoms with E-state index in [-0.39, 0.29) is 48.7 Å². The van der Waals surface area contributed by atoms with Crippen molar-refractivity contribution in [1.82, 2.24) is 4.98 Å². The normalized spacial score (nSPS) is 12.4. The smallest absolute Gasteiger partial charge is 0.336 e. The van der Waals surface area contributed by atoms with Crippen molar-refractivity contribution >= 4 is 77.2 Å². The first kappa shape index (κ1) is 32.5. The number of nitrogens with zero attached hydrogens (tertiary/aromatic N) is 3. The van der Waals surface area contributed by atoms with E-state index in [4.69, 9.17) is 9.72 Å². The van der Waals surface area contributed by atoms with Crippen molar-refractivity contribution in [3.05, 3.63) is 89.5 Å². The van der Waals surface area contributed by atoms with Crippen LogP contribution in [0.5, 0.6) is 5.75 Å². The minimum atomic E-state index is -1.04. The number of hydrogen-bond donors (Lipinski definition) is 2. The van der Waals surface area contributed by atoms with Crippen molar-refractivity contribution in [1.29, 1.82) is 0 Å². The van der Waals surface area contributed by atoms with Crippen molar-refractivity contribution in [2.45, 2.75) is 6.92 Å². The Balaban J connectivity index is 0.00000187. The lowest BCUT2D eigenvalue weighted by molar-refractivity contribution is 0.0698. The molecular weight excluding hydrogens is 575 g/mol. The third-order valence-electron chi connectivity index (χ3n) is 6.61. The van der Waals surface area contributed by atoms with Gasteiger partial charge in [0.1, 0.15) is 11.6 Å². The maximum Gasteiger partial charge on any atom is 0.336 e. The number of aromatic carboxylic acids is 1. The van der Waals surface area contributed by atoms with Crippen molar-refractivity contribution < 1.29 is 19.4 Å². The van der Waals surface area contributed by atoms with Crippen LogP contribution in [0, 0.1) is 6.92 Å². The summed E-state index contributed by atoms with van der Waals surface area (Å²) in [4.78, 5) is 34.1. The number of anilines is 3. The molecule has 0 spiro atoms. The molecule has 40 heavy (non-hydrogen) atoms. The second-order valence-corrected chi connectivity index (χ2v) is 9.06. The van der Waals surface area contributed by atoms with Crippen molar-refractivity contribution in [2.75, 3.05) is 48.4 Å². The number of pyridine rings is 1. The van der Waals surface area contributed by atoms with Crippen molar-refractivity contribution in [3.8, 4) is 5.75 Å². The number of methoxy groups -OCH3 is 1. The molecule has 0 bridgehead atoms. The predicted octanol–water partition coefficient (Wildman–Crippen LogP) is 6.09. The molecule has 0 saturated carbocycles. The van der Waals surface area contributed by atoms with Gasteiger partial charge in [0, 0.05) is 48.5 Å². The van der Waals surface area contributed by atoms with E-state index in [2.05, 4.69) is 46.3 Å². The third-order valence-corrected chi connectivity index (χ3v) is 6.61.